The molecule has 0 saturated heterocycles. The summed E-state index contributed by atoms with van der Waals surface area (Å²) < 4.78 is 5.80. The molecule has 0 saturated carbocycles. The van der Waals surface area contributed by atoms with E-state index >= 15 is 0 Å². The van der Waals surface area contributed by atoms with Crippen molar-refractivity contribution in [2.45, 2.75) is 6.42 Å². The number of nitrogens with zero attached hydrogens (tertiary/aromatic N) is 3. The summed E-state index contributed by atoms with van der Waals surface area (Å²) in [5.41, 5.74) is 3.39. The van der Waals surface area contributed by atoms with E-state index in [1.165, 1.54) is 0 Å². The van der Waals surface area contributed by atoms with Crippen LogP contribution in [0.15, 0.2) is 54.7 Å². The molecule has 2 aromatic carbocycles. The van der Waals surface area contributed by atoms with Crippen LogP contribution in [0.4, 0.5) is 0 Å². The molecule has 0 unspecified atom stereocenters. The Morgan fingerprint density at radius 3 is 1.96 bits per heavy atom. The minimum Gasteiger partial charge on any atom is -0.477 e. The number of halogens is 2. The van der Waals surface area contributed by atoms with Gasteiger partial charge in [-0.15, -0.1) is 0 Å². The molecule has 1 aromatic heterocycles. The maximum Gasteiger partial charge on any atom is 0.232 e. The second kappa shape index (κ2) is 9.18. The number of ether oxygens (including phenoxy) is 1. The number of benzene rings is 2. The highest BCUT2D eigenvalue weighted by Crippen LogP contribution is 2.31. The summed E-state index contributed by atoms with van der Waals surface area (Å²) in [6.45, 7) is 1.55. The van der Waals surface area contributed by atoms with Crippen LogP contribution < -0.4 is 4.74 Å². The third-order valence-corrected chi connectivity index (χ3v) is 4.49. The van der Waals surface area contributed by atoms with Crippen molar-refractivity contribution in [3.63, 3.8) is 0 Å². The zero-order chi connectivity index (χ0) is 19.2. The van der Waals surface area contributed by atoms with E-state index in [1.807, 2.05) is 62.6 Å². The van der Waals surface area contributed by atoms with E-state index in [1.54, 1.807) is 6.20 Å². The van der Waals surface area contributed by atoms with Crippen molar-refractivity contribution in [3.8, 4) is 28.4 Å². The fraction of sp³-hybridized carbons (Fsp3) is 0.238. The first-order valence-corrected chi connectivity index (χ1v) is 9.45. The zero-order valence-electron chi connectivity index (χ0n) is 15.3. The third-order valence-electron chi connectivity index (χ3n) is 3.99. The molecule has 27 heavy (non-hydrogen) atoms. The predicted molar refractivity (Wildman–Crippen MR) is 112 cm³/mol. The van der Waals surface area contributed by atoms with Gasteiger partial charge < -0.3 is 9.64 Å². The summed E-state index contributed by atoms with van der Waals surface area (Å²) in [5.74, 6) is 0.511. The molecule has 0 aliphatic carbocycles. The van der Waals surface area contributed by atoms with Gasteiger partial charge in [-0.05, 0) is 44.8 Å². The third kappa shape index (κ3) is 5.42. The highest BCUT2D eigenvalue weighted by molar-refractivity contribution is 6.31. The molecule has 6 heteroatoms. The van der Waals surface area contributed by atoms with E-state index in [0.29, 0.717) is 22.5 Å². The maximum absolute atomic E-state index is 6.04. The number of aromatic nitrogens is 2. The highest BCUT2D eigenvalue weighted by Gasteiger charge is 2.13. The Balaban J connectivity index is 1.92. The van der Waals surface area contributed by atoms with Gasteiger partial charge in [0.1, 0.15) is 5.69 Å². The van der Waals surface area contributed by atoms with Crippen molar-refractivity contribution in [1.29, 1.82) is 0 Å². The summed E-state index contributed by atoms with van der Waals surface area (Å²) in [5, 5.41) is 1.36. The van der Waals surface area contributed by atoms with Crippen molar-refractivity contribution < 1.29 is 4.74 Å². The molecule has 3 aromatic rings. The number of hydrogen-bond acceptors (Lipinski definition) is 4. The second-order valence-corrected chi connectivity index (χ2v) is 7.30. The second-order valence-electron chi connectivity index (χ2n) is 6.42. The Kier molecular flexibility index (Phi) is 6.67. The molecule has 0 atom stereocenters. The summed E-state index contributed by atoms with van der Waals surface area (Å²) in [7, 11) is 4.08. The Morgan fingerprint density at radius 1 is 0.852 bits per heavy atom. The molecular weight excluding hydrogens is 381 g/mol. The van der Waals surface area contributed by atoms with E-state index in [2.05, 4.69) is 9.88 Å². The van der Waals surface area contributed by atoms with Crippen molar-refractivity contribution in [2.75, 3.05) is 27.2 Å². The van der Waals surface area contributed by atoms with E-state index < -0.39 is 0 Å². The molecule has 0 aliphatic rings. The van der Waals surface area contributed by atoms with E-state index in [4.69, 9.17) is 32.9 Å². The van der Waals surface area contributed by atoms with Crippen LogP contribution in [0.3, 0.4) is 0 Å². The monoisotopic (exact) mass is 401 g/mol. The van der Waals surface area contributed by atoms with Crippen molar-refractivity contribution in [3.05, 3.63) is 64.8 Å². The average Bonchev–Trinajstić information content (AvgIpc) is 2.66. The van der Waals surface area contributed by atoms with Crippen LogP contribution in [0.25, 0.3) is 22.5 Å². The van der Waals surface area contributed by atoms with E-state index in [0.717, 1.165) is 35.5 Å². The van der Waals surface area contributed by atoms with Crippen LogP contribution in [0.2, 0.25) is 10.0 Å². The fourth-order valence-corrected chi connectivity index (χ4v) is 2.88. The zero-order valence-corrected chi connectivity index (χ0v) is 16.8. The molecular formula is C21H21Cl2N3O. The molecule has 0 N–H and O–H groups in total. The summed E-state index contributed by atoms with van der Waals surface area (Å²) in [6.07, 6.45) is 2.59. The molecule has 4 nitrogen and oxygen atoms in total. The molecule has 0 radical (unpaired) electrons. The lowest BCUT2D eigenvalue weighted by atomic mass is 10.0. The molecule has 0 aliphatic heterocycles. The van der Waals surface area contributed by atoms with Crippen molar-refractivity contribution in [1.82, 2.24) is 14.9 Å². The van der Waals surface area contributed by atoms with Crippen molar-refractivity contribution in [2.24, 2.45) is 0 Å². The maximum atomic E-state index is 6.04. The molecule has 0 fully saturated rings. The quantitative estimate of drug-likeness (QED) is 0.493. The molecule has 3 rings (SSSR count). The summed E-state index contributed by atoms with van der Waals surface area (Å²) >= 11 is 12.1. The predicted octanol–water partition coefficient (Wildman–Crippen LogP) is 5.45. The Labute approximate surface area is 169 Å². The lowest BCUT2D eigenvalue weighted by Crippen LogP contribution is -2.15. The van der Waals surface area contributed by atoms with Crippen LogP contribution in [0, 0.1) is 0 Å². The van der Waals surface area contributed by atoms with E-state index in [9.17, 15) is 0 Å². The molecule has 1 heterocycles. The van der Waals surface area contributed by atoms with Gasteiger partial charge in [0.25, 0.3) is 0 Å². The highest BCUT2D eigenvalue weighted by atomic mass is 35.5. The van der Waals surface area contributed by atoms with Crippen LogP contribution in [-0.4, -0.2) is 42.1 Å². The van der Waals surface area contributed by atoms with Gasteiger partial charge >= 0.3 is 0 Å². The SMILES string of the molecule is CN(C)CCCOc1cnc(-c2ccc(Cl)cc2)c(-c2ccc(Cl)cc2)n1. The van der Waals surface area contributed by atoms with Crippen molar-refractivity contribution >= 4 is 23.2 Å². The number of rotatable bonds is 7. The van der Waals surface area contributed by atoms with Gasteiger partial charge in [-0.25, -0.2) is 9.97 Å². The molecule has 140 valence electrons. The van der Waals surface area contributed by atoms with Gasteiger partial charge in [-0.1, -0.05) is 47.5 Å². The first kappa shape index (κ1) is 19.6. The summed E-state index contributed by atoms with van der Waals surface area (Å²) in [6, 6.07) is 15.1. The van der Waals surface area contributed by atoms with Gasteiger partial charge in [-0.2, -0.15) is 0 Å². The molecule has 0 amide bonds. The summed E-state index contributed by atoms with van der Waals surface area (Å²) in [4.78, 5) is 11.5. The Bertz CT molecular complexity index is 881. The topological polar surface area (TPSA) is 38.2 Å². The normalized spacial score (nSPS) is 11.0. The first-order valence-electron chi connectivity index (χ1n) is 8.69. The Hall–Kier alpha value is -2.14. The fourth-order valence-electron chi connectivity index (χ4n) is 2.63. The van der Waals surface area contributed by atoms with Crippen LogP contribution in [0.5, 0.6) is 5.88 Å². The Morgan fingerprint density at radius 2 is 1.41 bits per heavy atom. The van der Waals surface area contributed by atoms with Crippen LogP contribution in [0.1, 0.15) is 6.42 Å². The lowest BCUT2D eigenvalue weighted by molar-refractivity contribution is 0.272. The minimum absolute atomic E-state index is 0.511. The van der Waals surface area contributed by atoms with Crippen LogP contribution in [-0.2, 0) is 0 Å². The average molecular weight is 402 g/mol. The van der Waals surface area contributed by atoms with Gasteiger partial charge in [0, 0.05) is 27.7 Å². The number of hydrogen-bond donors (Lipinski definition) is 0. The van der Waals surface area contributed by atoms with E-state index in [-0.39, 0.29) is 0 Å². The van der Waals surface area contributed by atoms with Gasteiger partial charge in [0.05, 0.1) is 18.5 Å². The smallest absolute Gasteiger partial charge is 0.232 e. The lowest BCUT2D eigenvalue weighted by Gasteiger charge is -2.13. The van der Waals surface area contributed by atoms with Gasteiger partial charge in [-0.3, -0.25) is 0 Å². The molecule has 0 spiro atoms. The van der Waals surface area contributed by atoms with Gasteiger partial charge in [0.15, 0.2) is 0 Å². The largest absolute Gasteiger partial charge is 0.477 e. The van der Waals surface area contributed by atoms with Crippen LogP contribution >= 0.6 is 23.2 Å². The standard InChI is InChI=1S/C21H21Cl2N3O/c1-26(2)12-3-13-27-19-14-24-20(15-4-8-17(22)9-5-15)21(25-19)16-6-10-18(23)11-7-16/h4-11,14H,3,12-13H2,1-2H3. The minimum atomic E-state index is 0.511. The molecule has 0 bridgehead atoms. The van der Waals surface area contributed by atoms with Gasteiger partial charge in [0.2, 0.25) is 5.88 Å². The first-order chi connectivity index (χ1) is 13.0.